The van der Waals surface area contributed by atoms with Gasteiger partial charge in [0.2, 0.25) is 0 Å². The van der Waals surface area contributed by atoms with Gasteiger partial charge in [-0.15, -0.1) is 0 Å². The van der Waals surface area contributed by atoms with Crippen molar-refractivity contribution in [3.05, 3.63) is 35.0 Å². The summed E-state index contributed by atoms with van der Waals surface area (Å²) < 4.78 is 6.61. The second kappa shape index (κ2) is 6.29. The molecule has 3 nitrogen and oxygen atoms in total. The van der Waals surface area contributed by atoms with Gasteiger partial charge in [0.05, 0.1) is 12.2 Å². The Hall–Kier alpha value is -1.51. The molecule has 3 heteroatoms. The maximum Gasteiger partial charge on any atom is 0.186 e. The molecular weight excluding hydrogens is 250 g/mol. The van der Waals surface area contributed by atoms with E-state index in [0.717, 1.165) is 22.5 Å². The minimum absolute atomic E-state index is 0.111. The number of hydrogen-bond acceptors (Lipinski definition) is 2. The SMILES string of the molecule is CCOc1ccccc1C=[N+]([O-])C(C)(C)CC(C)(C)C. The predicted molar refractivity (Wildman–Crippen MR) is 84.6 cm³/mol. The molecule has 0 bridgehead atoms. The van der Waals surface area contributed by atoms with E-state index in [0.29, 0.717) is 6.61 Å². The molecule has 0 heterocycles. The van der Waals surface area contributed by atoms with Crippen molar-refractivity contribution in [1.29, 1.82) is 0 Å². The number of para-hydroxylation sites is 1. The number of rotatable bonds is 5. The van der Waals surface area contributed by atoms with Gasteiger partial charge in [-0.1, -0.05) is 32.9 Å². The molecule has 0 saturated heterocycles. The molecule has 112 valence electrons. The second-order valence-electron chi connectivity index (χ2n) is 6.98. The minimum atomic E-state index is -0.447. The predicted octanol–water partition coefficient (Wildman–Crippen LogP) is 4.23. The van der Waals surface area contributed by atoms with E-state index in [9.17, 15) is 5.21 Å². The van der Waals surface area contributed by atoms with Crippen LogP contribution < -0.4 is 4.74 Å². The molecule has 0 radical (unpaired) electrons. The average molecular weight is 277 g/mol. The van der Waals surface area contributed by atoms with Gasteiger partial charge in [0, 0.05) is 20.3 Å². The molecule has 1 aromatic rings. The van der Waals surface area contributed by atoms with Crippen LogP contribution in [0.1, 0.15) is 53.5 Å². The van der Waals surface area contributed by atoms with E-state index >= 15 is 0 Å². The Labute approximate surface area is 122 Å². The summed E-state index contributed by atoms with van der Waals surface area (Å²) in [5.41, 5.74) is 0.489. The van der Waals surface area contributed by atoms with Gasteiger partial charge in [0.25, 0.3) is 0 Å². The Balaban J connectivity index is 3.04. The molecule has 0 aliphatic carbocycles. The zero-order chi connectivity index (χ0) is 15.4. The molecule has 0 spiro atoms. The summed E-state index contributed by atoms with van der Waals surface area (Å²) in [7, 11) is 0. The third-order valence-electron chi connectivity index (χ3n) is 3.03. The molecule has 1 rings (SSSR count). The molecule has 0 aliphatic heterocycles. The van der Waals surface area contributed by atoms with E-state index in [1.54, 1.807) is 6.21 Å². The van der Waals surface area contributed by atoms with E-state index in [-0.39, 0.29) is 5.41 Å². The Kier molecular flexibility index (Phi) is 5.21. The minimum Gasteiger partial charge on any atom is -0.623 e. The first-order chi connectivity index (χ1) is 9.15. The van der Waals surface area contributed by atoms with Crippen LogP contribution >= 0.6 is 0 Å². The Morgan fingerprint density at radius 1 is 1.15 bits per heavy atom. The van der Waals surface area contributed by atoms with Gasteiger partial charge in [-0.2, -0.15) is 0 Å². The van der Waals surface area contributed by atoms with Crippen LogP contribution in [-0.2, 0) is 0 Å². The van der Waals surface area contributed by atoms with E-state index < -0.39 is 5.54 Å². The van der Waals surface area contributed by atoms with E-state index in [2.05, 4.69) is 20.8 Å². The monoisotopic (exact) mass is 277 g/mol. The molecule has 0 atom stereocenters. The van der Waals surface area contributed by atoms with Crippen molar-refractivity contribution in [3.63, 3.8) is 0 Å². The van der Waals surface area contributed by atoms with Crippen molar-refractivity contribution in [2.75, 3.05) is 6.61 Å². The highest BCUT2D eigenvalue weighted by atomic mass is 16.5. The average Bonchev–Trinajstić information content (AvgIpc) is 2.28. The molecule has 0 amide bonds. The van der Waals surface area contributed by atoms with Crippen LogP contribution in [0.5, 0.6) is 5.75 Å². The molecule has 1 aromatic carbocycles. The van der Waals surface area contributed by atoms with Crippen molar-refractivity contribution < 1.29 is 9.48 Å². The molecule has 0 unspecified atom stereocenters. The Bertz CT molecular complexity index is 470. The molecule has 0 aromatic heterocycles. The first kappa shape index (κ1) is 16.5. The van der Waals surface area contributed by atoms with Crippen LogP contribution in [0.15, 0.2) is 24.3 Å². The lowest BCUT2D eigenvalue weighted by molar-refractivity contribution is -0.540. The Morgan fingerprint density at radius 2 is 1.75 bits per heavy atom. The van der Waals surface area contributed by atoms with Crippen molar-refractivity contribution >= 4 is 6.21 Å². The third kappa shape index (κ3) is 4.87. The fourth-order valence-electron chi connectivity index (χ4n) is 2.55. The smallest absolute Gasteiger partial charge is 0.186 e. The molecule has 0 N–H and O–H groups in total. The summed E-state index contributed by atoms with van der Waals surface area (Å²) in [6.45, 7) is 12.9. The molecule has 0 fully saturated rings. The van der Waals surface area contributed by atoms with E-state index in [4.69, 9.17) is 4.74 Å². The zero-order valence-electron chi connectivity index (χ0n) is 13.6. The van der Waals surface area contributed by atoms with Gasteiger partial charge >= 0.3 is 0 Å². The van der Waals surface area contributed by atoms with E-state index in [1.807, 2.05) is 45.0 Å². The highest BCUT2D eigenvalue weighted by Crippen LogP contribution is 2.29. The summed E-state index contributed by atoms with van der Waals surface area (Å²) >= 11 is 0. The summed E-state index contributed by atoms with van der Waals surface area (Å²) in [4.78, 5) is 0. The lowest BCUT2D eigenvalue weighted by atomic mass is 9.82. The van der Waals surface area contributed by atoms with Crippen molar-refractivity contribution in [3.8, 4) is 5.75 Å². The lowest BCUT2D eigenvalue weighted by Crippen LogP contribution is -2.37. The largest absolute Gasteiger partial charge is 0.623 e. The normalized spacial score (nSPS) is 13.4. The third-order valence-corrected chi connectivity index (χ3v) is 3.03. The van der Waals surface area contributed by atoms with Crippen molar-refractivity contribution in [2.45, 2.75) is 53.5 Å². The first-order valence-corrected chi connectivity index (χ1v) is 7.19. The number of benzene rings is 1. The quantitative estimate of drug-likeness (QED) is 0.349. The lowest BCUT2D eigenvalue weighted by Gasteiger charge is -2.30. The van der Waals surface area contributed by atoms with Crippen LogP contribution in [0.4, 0.5) is 0 Å². The summed E-state index contributed by atoms with van der Waals surface area (Å²) in [6, 6.07) is 7.62. The van der Waals surface area contributed by atoms with Gasteiger partial charge in [-0.25, -0.2) is 4.74 Å². The number of nitrogens with zero attached hydrogens (tertiary/aromatic N) is 1. The van der Waals surface area contributed by atoms with Crippen LogP contribution in [-0.4, -0.2) is 23.1 Å². The van der Waals surface area contributed by atoms with Gasteiger partial charge in [0.15, 0.2) is 11.8 Å². The van der Waals surface area contributed by atoms with Gasteiger partial charge in [-0.05, 0) is 24.5 Å². The number of ether oxygens (including phenoxy) is 1. The first-order valence-electron chi connectivity index (χ1n) is 7.19. The van der Waals surface area contributed by atoms with Crippen LogP contribution in [0.2, 0.25) is 0 Å². The standard InChI is InChI=1S/C17H27NO2/c1-7-20-15-11-9-8-10-14(15)12-18(19)17(5,6)13-16(2,3)4/h8-12H,7,13H2,1-6H3. The summed E-state index contributed by atoms with van der Waals surface area (Å²) in [5.74, 6) is 0.752. The number of hydrogen-bond donors (Lipinski definition) is 0. The fourth-order valence-corrected chi connectivity index (χ4v) is 2.55. The van der Waals surface area contributed by atoms with Crippen molar-refractivity contribution in [1.82, 2.24) is 0 Å². The molecular formula is C17H27NO2. The second-order valence-corrected chi connectivity index (χ2v) is 6.98. The highest BCUT2D eigenvalue weighted by molar-refractivity contribution is 5.80. The molecule has 20 heavy (non-hydrogen) atoms. The number of hydroxylamine groups is 1. The molecule has 0 saturated carbocycles. The summed E-state index contributed by atoms with van der Waals surface area (Å²) in [6.07, 6.45) is 2.45. The highest BCUT2D eigenvalue weighted by Gasteiger charge is 2.32. The summed E-state index contributed by atoms with van der Waals surface area (Å²) in [5, 5.41) is 12.5. The van der Waals surface area contributed by atoms with Gasteiger partial charge in [-0.3, -0.25) is 0 Å². The van der Waals surface area contributed by atoms with Crippen LogP contribution in [0.3, 0.4) is 0 Å². The van der Waals surface area contributed by atoms with Gasteiger partial charge in [0.1, 0.15) is 5.75 Å². The van der Waals surface area contributed by atoms with Crippen LogP contribution in [0, 0.1) is 10.6 Å². The van der Waals surface area contributed by atoms with Gasteiger partial charge < -0.3 is 9.94 Å². The molecule has 0 aliphatic rings. The topological polar surface area (TPSA) is 35.3 Å². The fraction of sp³-hybridized carbons (Fsp3) is 0.588. The maximum atomic E-state index is 12.5. The zero-order valence-corrected chi connectivity index (χ0v) is 13.6. The van der Waals surface area contributed by atoms with Crippen molar-refractivity contribution in [2.24, 2.45) is 5.41 Å². The van der Waals surface area contributed by atoms with E-state index in [1.165, 1.54) is 0 Å². The Morgan fingerprint density at radius 3 is 2.30 bits per heavy atom. The van der Waals surface area contributed by atoms with Crippen LogP contribution in [0.25, 0.3) is 0 Å². The maximum absolute atomic E-state index is 12.5.